The number of hydrogen-bond donors (Lipinski definition) is 5. The van der Waals surface area contributed by atoms with Gasteiger partial charge < -0.3 is 16.2 Å². The fourth-order valence-electron chi connectivity index (χ4n) is 3.08. The quantitative estimate of drug-likeness (QED) is 0.237. The first-order valence-corrected chi connectivity index (χ1v) is 8.24. The summed E-state index contributed by atoms with van der Waals surface area (Å²) in [5.74, 6) is -3.06. The monoisotopic (exact) mass is 340 g/mol. The van der Waals surface area contributed by atoms with E-state index in [1.54, 1.807) is 7.05 Å². The van der Waals surface area contributed by atoms with Gasteiger partial charge in [-0.1, -0.05) is 13.8 Å². The lowest BCUT2D eigenvalue weighted by Crippen LogP contribution is -2.52. The summed E-state index contributed by atoms with van der Waals surface area (Å²) in [4.78, 5) is 35.7. The lowest BCUT2D eigenvalue weighted by molar-refractivity contribution is -0.144. The first-order valence-electron chi connectivity index (χ1n) is 8.24. The maximum absolute atomic E-state index is 12.7. The van der Waals surface area contributed by atoms with E-state index in [4.69, 9.17) is 5.73 Å². The van der Waals surface area contributed by atoms with Crippen molar-refractivity contribution in [2.75, 3.05) is 7.05 Å². The fraction of sp³-hybridized carbons (Fsp3) is 0.688. The molecular weight excluding hydrogens is 312 g/mol. The molecule has 0 aliphatic heterocycles. The zero-order chi connectivity index (χ0) is 18.4. The molecule has 3 atom stereocenters. The van der Waals surface area contributed by atoms with E-state index in [2.05, 4.69) is 16.0 Å². The van der Waals surface area contributed by atoms with Crippen molar-refractivity contribution in [2.45, 2.75) is 52.4 Å². The second-order valence-corrected chi connectivity index (χ2v) is 6.00. The van der Waals surface area contributed by atoms with Gasteiger partial charge in [0.15, 0.2) is 5.78 Å². The predicted molar refractivity (Wildman–Crippen MR) is 89.6 cm³/mol. The maximum Gasteiger partial charge on any atom is 0.314 e. The first kappa shape index (κ1) is 20.3. The van der Waals surface area contributed by atoms with Crippen molar-refractivity contribution in [2.24, 2.45) is 17.6 Å². The average molecular weight is 340 g/mol. The second-order valence-electron chi connectivity index (χ2n) is 6.00. The third kappa shape index (κ3) is 4.62. The largest absolute Gasteiger partial charge is 0.481 e. The average Bonchev–Trinajstić information content (AvgIpc) is 2.83. The fourth-order valence-corrected chi connectivity index (χ4v) is 3.08. The highest BCUT2D eigenvalue weighted by Crippen LogP contribution is 2.33. The number of hydrogen-bond acceptors (Lipinski definition) is 6. The van der Waals surface area contributed by atoms with Crippen LogP contribution in [0.2, 0.25) is 0 Å². The number of Topliss-reactive ketones (excluding diaryl/α,β-unsaturated/α-hetero) is 1. The Morgan fingerprint density at radius 2 is 1.92 bits per heavy atom. The molecule has 24 heavy (non-hydrogen) atoms. The van der Waals surface area contributed by atoms with Crippen molar-refractivity contribution in [1.82, 2.24) is 16.0 Å². The SMILES string of the molecule is CCC(CC)/C(NC(C)=O)=C1/C(=O)C(C(=O)O)CC1NC(N)NC. The van der Waals surface area contributed by atoms with Crippen molar-refractivity contribution >= 4 is 17.7 Å². The minimum Gasteiger partial charge on any atom is -0.481 e. The number of nitrogens with one attached hydrogen (secondary N) is 3. The van der Waals surface area contributed by atoms with Crippen molar-refractivity contribution < 1.29 is 19.5 Å². The second kappa shape index (κ2) is 8.91. The predicted octanol–water partition coefficient (Wildman–Crippen LogP) is -0.0937. The van der Waals surface area contributed by atoms with E-state index in [0.717, 1.165) is 12.8 Å². The van der Waals surface area contributed by atoms with Crippen LogP contribution >= 0.6 is 0 Å². The molecule has 1 fully saturated rings. The van der Waals surface area contributed by atoms with E-state index >= 15 is 0 Å². The molecule has 1 saturated carbocycles. The van der Waals surface area contributed by atoms with Gasteiger partial charge in [0.1, 0.15) is 12.2 Å². The van der Waals surface area contributed by atoms with E-state index in [0.29, 0.717) is 11.3 Å². The van der Waals surface area contributed by atoms with Crippen LogP contribution < -0.4 is 21.7 Å². The smallest absolute Gasteiger partial charge is 0.314 e. The molecule has 8 heteroatoms. The van der Waals surface area contributed by atoms with Crippen LogP contribution in [0.15, 0.2) is 11.3 Å². The molecule has 0 aromatic rings. The standard InChI is InChI=1S/C16H28N4O4/c1-5-9(6-2)13(19-8(3)21)12-11(20-16(17)18-4)7-10(14(12)22)15(23)24/h9-11,16,18,20H,5-7,17H2,1-4H3,(H,19,21)(H,23,24)/b13-12-. The summed E-state index contributed by atoms with van der Waals surface area (Å²) in [7, 11) is 1.65. The van der Waals surface area contributed by atoms with Gasteiger partial charge in [0, 0.05) is 24.2 Å². The number of allylic oxidation sites excluding steroid dienone is 1. The van der Waals surface area contributed by atoms with Crippen LogP contribution in [0.4, 0.5) is 0 Å². The van der Waals surface area contributed by atoms with Crippen LogP contribution in [0.1, 0.15) is 40.0 Å². The van der Waals surface area contributed by atoms with E-state index in [9.17, 15) is 19.5 Å². The zero-order valence-corrected chi connectivity index (χ0v) is 14.7. The number of aliphatic carboxylic acids is 1. The highest BCUT2D eigenvalue weighted by Gasteiger charge is 2.44. The molecule has 0 bridgehead atoms. The number of nitrogens with two attached hydrogens (primary N) is 1. The lowest BCUT2D eigenvalue weighted by atomic mass is 9.92. The number of amides is 1. The topological polar surface area (TPSA) is 134 Å². The molecule has 0 aromatic heterocycles. The van der Waals surface area contributed by atoms with Crippen LogP contribution in [0.25, 0.3) is 0 Å². The van der Waals surface area contributed by atoms with Crippen LogP contribution in [-0.4, -0.2) is 42.1 Å². The molecule has 1 aliphatic carbocycles. The molecule has 1 rings (SSSR count). The highest BCUT2D eigenvalue weighted by molar-refractivity contribution is 6.11. The van der Waals surface area contributed by atoms with Crippen molar-refractivity contribution in [1.29, 1.82) is 0 Å². The van der Waals surface area contributed by atoms with E-state index in [1.165, 1.54) is 6.92 Å². The summed E-state index contributed by atoms with van der Waals surface area (Å²) in [6, 6.07) is -0.525. The number of ketones is 1. The first-order chi connectivity index (χ1) is 11.3. The van der Waals surface area contributed by atoms with E-state index in [1.807, 2.05) is 13.8 Å². The summed E-state index contributed by atoms with van der Waals surface area (Å²) >= 11 is 0. The molecular formula is C16H28N4O4. The van der Waals surface area contributed by atoms with Crippen molar-refractivity contribution in [3.05, 3.63) is 11.3 Å². The van der Waals surface area contributed by atoms with Crippen molar-refractivity contribution in [3.63, 3.8) is 0 Å². The summed E-state index contributed by atoms with van der Waals surface area (Å²) in [6.07, 6.45) is 0.976. The van der Waals surface area contributed by atoms with Crippen LogP contribution in [0, 0.1) is 11.8 Å². The van der Waals surface area contributed by atoms with Crippen LogP contribution in [0.3, 0.4) is 0 Å². The van der Waals surface area contributed by atoms with Gasteiger partial charge in [-0.15, -0.1) is 0 Å². The lowest BCUT2D eigenvalue weighted by Gasteiger charge is -2.25. The highest BCUT2D eigenvalue weighted by atomic mass is 16.4. The molecule has 0 saturated heterocycles. The van der Waals surface area contributed by atoms with Gasteiger partial charge in [0.2, 0.25) is 5.91 Å². The normalized spacial score (nSPS) is 24.2. The molecule has 8 nitrogen and oxygen atoms in total. The minimum atomic E-state index is -1.16. The van der Waals surface area contributed by atoms with Crippen LogP contribution in [0.5, 0.6) is 0 Å². The Morgan fingerprint density at radius 1 is 1.33 bits per heavy atom. The zero-order valence-electron chi connectivity index (χ0n) is 14.7. The Labute approximate surface area is 142 Å². The Kier molecular flexibility index (Phi) is 7.53. The number of carboxylic acid groups (broad SMARTS) is 1. The van der Waals surface area contributed by atoms with Gasteiger partial charge in [-0.05, 0) is 32.2 Å². The maximum atomic E-state index is 12.7. The molecule has 6 N–H and O–H groups in total. The molecule has 1 aliphatic rings. The molecule has 0 radical (unpaired) electrons. The summed E-state index contributed by atoms with van der Waals surface area (Å²) in [6.45, 7) is 5.30. The Hall–Kier alpha value is -1.77. The summed E-state index contributed by atoms with van der Waals surface area (Å²) in [5, 5.41) is 17.9. The van der Waals surface area contributed by atoms with Gasteiger partial charge in [0.25, 0.3) is 0 Å². The van der Waals surface area contributed by atoms with Crippen molar-refractivity contribution in [3.8, 4) is 0 Å². The summed E-state index contributed by atoms with van der Waals surface area (Å²) < 4.78 is 0. The number of carbonyl (C=O) groups excluding carboxylic acids is 2. The molecule has 0 spiro atoms. The number of rotatable bonds is 8. The van der Waals surface area contributed by atoms with Gasteiger partial charge in [-0.3, -0.25) is 25.0 Å². The third-order valence-corrected chi connectivity index (χ3v) is 4.39. The Morgan fingerprint density at radius 3 is 2.33 bits per heavy atom. The van der Waals surface area contributed by atoms with E-state index in [-0.39, 0.29) is 18.2 Å². The van der Waals surface area contributed by atoms with Gasteiger partial charge in [-0.25, -0.2) is 0 Å². The van der Waals surface area contributed by atoms with Gasteiger partial charge in [-0.2, -0.15) is 0 Å². The number of carboxylic acids is 1. The molecule has 0 aromatic carbocycles. The molecule has 0 heterocycles. The van der Waals surface area contributed by atoms with E-state index < -0.39 is 30.0 Å². The molecule has 136 valence electrons. The Bertz CT molecular complexity index is 528. The minimum absolute atomic E-state index is 0.0319. The van der Waals surface area contributed by atoms with Crippen LogP contribution in [-0.2, 0) is 14.4 Å². The molecule has 1 amide bonds. The summed E-state index contributed by atoms with van der Waals surface area (Å²) in [5.41, 5.74) is 6.68. The van der Waals surface area contributed by atoms with Gasteiger partial charge in [0.05, 0.1) is 0 Å². The van der Waals surface area contributed by atoms with Gasteiger partial charge >= 0.3 is 5.97 Å². The Balaban J connectivity index is 3.40. The number of carbonyl (C=O) groups is 3. The molecule has 3 unspecified atom stereocenters. The third-order valence-electron chi connectivity index (χ3n) is 4.39.